The number of hydrogen-bond donors (Lipinski definition) is 1. The molecule has 4 nitrogen and oxygen atoms in total. The second-order valence-corrected chi connectivity index (χ2v) is 5.18. The number of hydrazone groups is 1. The second-order valence-electron chi connectivity index (χ2n) is 5.18. The third kappa shape index (κ3) is 4.45. The van der Waals surface area contributed by atoms with E-state index in [1.54, 1.807) is 19.2 Å². The lowest BCUT2D eigenvalue weighted by Gasteiger charge is -2.05. The van der Waals surface area contributed by atoms with Crippen LogP contribution in [0.1, 0.15) is 28.4 Å². The fourth-order valence-corrected chi connectivity index (χ4v) is 1.99. The van der Waals surface area contributed by atoms with Crippen molar-refractivity contribution in [1.29, 1.82) is 0 Å². The van der Waals surface area contributed by atoms with Gasteiger partial charge < -0.3 is 4.74 Å². The summed E-state index contributed by atoms with van der Waals surface area (Å²) >= 11 is 0. The Bertz CT molecular complexity index is 658. The van der Waals surface area contributed by atoms with E-state index in [0.717, 1.165) is 22.6 Å². The Hall–Kier alpha value is -2.62. The van der Waals surface area contributed by atoms with Gasteiger partial charge in [0.15, 0.2) is 0 Å². The van der Waals surface area contributed by atoms with Crippen LogP contribution in [-0.4, -0.2) is 18.7 Å². The fraction of sp³-hybridized carbons (Fsp3) is 0.222. The molecular weight excluding hydrogens is 276 g/mol. The van der Waals surface area contributed by atoms with E-state index in [0.29, 0.717) is 12.0 Å². The minimum absolute atomic E-state index is 0.200. The summed E-state index contributed by atoms with van der Waals surface area (Å²) in [5.41, 5.74) is 6.27. The molecule has 0 unspecified atom stereocenters. The highest BCUT2D eigenvalue weighted by Gasteiger charge is 2.04. The van der Waals surface area contributed by atoms with Crippen LogP contribution in [0.25, 0.3) is 0 Å². The predicted molar refractivity (Wildman–Crippen MR) is 88.5 cm³/mol. The summed E-state index contributed by atoms with van der Waals surface area (Å²) in [6.45, 7) is 3.87. The zero-order valence-electron chi connectivity index (χ0n) is 13.1. The largest absolute Gasteiger partial charge is 0.497 e. The summed E-state index contributed by atoms with van der Waals surface area (Å²) in [5.74, 6) is 0.625. The van der Waals surface area contributed by atoms with Gasteiger partial charge in [0.1, 0.15) is 5.75 Å². The van der Waals surface area contributed by atoms with Crippen LogP contribution < -0.4 is 10.2 Å². The van der Waals surface area contributed by atoms with Gasteiger partial charge in [-0.15, -0.1) is 0 Å². The highest BCUT2D eigenvalue weighted by molar-refractivity contribution is 5.95. The van der Waals surface area contributed by atoms with Gasteiger partial charge in [0.05, 0.1) is 7.11 Å². The maximum Gasteiger partial charge on any atom is 0.271 e. The van der Waals surface area contributed by atoms with Gasteiger partial charge >= 0.3 is 0 Å². The molecule has 0 aliphatic rings. The van der Waals surface area contributed by atoms with Crippen molar-refractivity contribution in [2.24, 2.45) is 5.10 Å². The molecule has 0 radical (unpaired) electrons. The topological polar surface area (TPSA) is 50.7 Å². The van der Waals surface area contributed by atoms with Gasteiger partial charge in [-0.2, -0.15) is 5.10 Å². The summed E-state index contributed by atoms with van der Waals surface area (Å²) in [4.78, 5) is 12.0. The number of nitrogens with zero attached hydrogens (tertiary/aromatic N) is 1. The van der Waals surface area contributed by atoms with Crippen LogP contribution in [0.15, 0.2) is 53.6 Å². The maximum atomic E-state index is 12.0. The molecule has 22 heavy (non-hydrogen) atoms. The van der Waals surface area contributed by atoms with E-state index < -0.39 is 0 Å². The van der Waals surface area contributed by atoms with Crippen LogP contribution in [0.2, 0.25) is 0 Å². The molecule has 0 aliphatic carbocycles. The predicted octanol–water partition coefficient (Wildman–Crippen LogP) is 3.35. The zero-order chi connectivity index (χ0) is 15.9. The molecule has 0 fully saturated rings. The standard InChI is InChI=1S/C18H20N2O2/c1-13-4-8-16(9-5-13)18(21)20-19-14(2)12-15-6-10-17(22-3)11-7-15/h4-11H,12H2,1-3H3,(H,20,21). The Morgan fingerprint density at radius 2 is 1.73 bits per heavy atom. The molecule has 0 heterocycles. The fourth-order valence-electron chi connectivity index (χ4n) is 1.99. The van der Waals surface area contributed by atoms with E-state index in [9.17, 15) is 4.79 Å². The van der Waals surface area contributed by atoms with E-state index >= 15 is 0 Å². The molecule has 0 saturated carbocycles. The first-order chi connectivity index (χ1) is 10.6. The summed E-state index contributed by atoms with van der Waals surface area (Å²) < 4.78 is 5.12. The minimum Gasteiger partial charge on any atom is -0.497 e. The van der Waals surface area contributed by atoms with Crippen molar-refractivity contribution in [2.75, 3.05) is 7.11 Å². The Morgan fingerprint density at radius 1 is 1.09 bits per heavy atom. The third-order valence-corrected chi connectivity index (χ3v) is 3.28. The lowest BCUT2D eigenvalue weighted by Crippen LogP contribution is -2.19. The van der Waals surface area contributed by atoms with E-state index in [1.165, 1.54) is 0 Å². The Labute approximate surface area is 130 Å². The molecular formula is C18H20N2O2. The number of amides is 1. The molecule has 0 spiro atoms. The van der Waals surface area contributed by atoms with E-state index in [4.69, 9.17) is 4.74 Å². The molecule has 0 aliphatic heterocycles. The van der Waals surface area contributed by atoms with Crippen LogP contribution in [0, 0.1) is 6.92 Å². The van der Waals surface area contributed by atoms with Crippen molar-refractivity contribution in [1.82, 2.24) is 5.43 Å². The van der Waals surface area contributed by atoms with Gasteiger partial charge in [-0.3, -0.25) is 4.79 Å². The first-order valence-corrected chi connectivity index (χ1v) is 7.11. The van der Waals surface area contributed by atoms with Crippen molar-refractivity contribution in [2.45, 2.75) is 20.3 Å². The van der Waals surface area contributed by atoms with Crippen LogP contribution in [0.4, 0.5) is 0 Å². The lowest BCUT2D eigenvalue weighted by molar-refractivity contribution is 0.0954. The normalized spacial score (nSPS) is 11.1. The second kappa shape index (κ2) is 7.41. The molecule has 2 aromatic rings. The molecule has 0 saturated heterocycles. The zero-order valence-corrected chi connectivity index (χ0v) is 13.1. The lowest BCUT2D eigenvalue weighted by atomic mass is 10.1. The number of methoxy groups -OCH3 is 1. The van der Waals surface area contributed by atoms with Gasteiger partial charge in [0.2, 0.25) is 0 Å². The number of carbonyl (C=O) groups excluding carboxylic acids is 1. The third-order valence-electron chi connectivity index (χ3n) is 3.28. The van der Waals surface area contributed by atoms with Gasteiger partial charge in [-0.05, 0) is 43.7 Å². The van der Waals surface area contributed by atoms with Crippen molar-refractivity contribution in [3.8, 4) is 5.75 Å². The highest BCUT2D eigenvalue weighted by atomic mass is 16.5. The number of rotatable bonds is 5. The Morgan fingerprint density at radius 3 is 2.32 bits per heavy atom. The van der Waals surface area contributed by atoms with Crippen LogP contribution in [-0.2, 0) is 6.42 Å². The molecule has 0 aromatic heterocycles. The smallest absolute Gasteiger partial charge is 0.271 e. The van der Waals surface area contributed by atoms with E-state index in [2.05, 4.69) is 10.5 Å². The molecule has 2 rings (SSSR count). The first kappa shape index (κ1) is 15.8. The van der Waals surface area contributed by atoms with Gasteiger partial charge in [-0.25, -0.2) is 5.43 Å². The van der Waals surface area contributed by atoms with Crippen LogP contribution in [0.5, 0.6) is 5.75 Å². The number of hydrogen-bond acceptors (Lipinski definition) is 3. The Kier molecular flexibility index (Phi) is 5.31. The quantitative estimate of drug-likeness (QED) is 0.679. The molecule has 2 aromatic carbocycles. The first-order valence-electron chi connectivity index (χ1n) is 7.11. The van der Waals surface area contributed by atoms with Crippen molar-refractivity contribution in [3.63, 3.8) is 0 Å². The number of ether oxygens (including phenoxy) is 1. The van der Waals surface area contributed by atoms with Gasteiger partial charge in [-0.1, -0.05) is 29.8 Å². The molecule has 114 valence electrons. The average molecular weight is 296 g/mol. The minimum atomic E-state index is -0.200. The van der Waals surface area contributed by atoms with E-state index in [-0.39, 0.29) is 5.91 Å². The molecule has 4 heteroatoms. The maximum absolute atomic E-state index is 12.0. The van der Waals surface area contributed by atoms with Gasteiger partial charge in [0, 0.05) is 17.7 Å². The molecule has 1 N–H and O–H groups in total. The summed E-state index contributed by atoms with van der Waals surface area (Å²) in [7, 11) is 1.64. The Balaban J connectivity index is 1.94. The summed E-state index contributed by atoms with van der Waals surface area (Å²) in [5, 5.41) is 4.15. The van der Waals surface area contributed by atoms with Crippen LogP contribution >= 0.6 is 0 Å². The summed E-state index contributed by atoms with van der Waals surface area (Å²) in [6.07, 6.45) is 0.679. The molecule has 0 atom stereocenters. The van der Waals surface area contributed by atoms with Crippen LogP contribution in [0.3, 0.4) is 0 Å². The van der Waals surface area contributed by atoms with Crippen molar-refractivity contribution < 1.29 is 9.53 Å². The van der Waals surface area contributed by atoms with E-state index in [1.807, 2.05) is 50.2 Å². The highest BCUT2D eigenvalue weighted by Crippen LogP contribution is 2.12. The average Bonchev–Trinajstić information content (AvgIpc) is 2.54. The monoisotopic (exact) mass is 296 g/mol. The van der Waals surface area contributed by atoms with Crippen molar-refractivity contribution >= 4 is 11.6 Å². The van der Waals surface area contributed by atoms with Crippen molar-refractivity contribution in [3.05, 3.63) is 65.2 Å². The number of aryl methyl sites for hydroxylation is 1. The number of nitrogens with one attached hydrogen (secondary N) is 1. The molecule has 1 amide bonds. The SMILES string of the molecule is COc1ccc(CC(C)=NNC(=O)c2ccc(C)cc2)cc1. The van der Waals surface area contributed by atoms with Gasteiger partial charge in [0.25, 0.3) is 5.91 Å². The number of benzene rings is 2. The number of carbonyl (C=O) groups is 1. The summed E-state index contributed by atoms with van der Waals surface area (Å²) in [6, 6.07) is 15.2. The molecule has 0 bridgehead atoms.